The lowest BCUT2D eigenvalue weighted by atomic mass is 9.99. The molecule has 0 aliphatic carbocycles. The summed E-state index contributed by atoms with van der Waals surface area (Å²) >= 11 is 0. The summed E-state index contributed by atoms with van der Waals surface area (Å²) in [6.07, 6.45) is 0. The lowest BCUT2D eigenvalue weighted by Gasteiger charge is -2.33. The van der Waals surface area contributed by atoms with Crippen molar-refractivity contribution >= 4 is 10.9 Å². The van der Waals surface area contributed by atoms with Gasteiger partial charge in [0.1, 0.15) is 0 Å². The Balaban J connectivity index is 1.54. The van der Waals surface area contributed by atoms with Crippen molar-refractivity contribution in [2.45, 2.75) is 46.4 Å². The van der Waals surface area contributed by atoms with E-state index >= 15 is 0 Å². The maximum Gasteiger partial charge on any atom is 0.252 e. The Hall–Kier alpha value is -4.10. The third kappa shape index (κ3) is 5.67. The second-order valence-corrected chi connectivity index (χ2v) is 9.97. The van der Waals surface area contributed by atoms with Crippen LogP contribution in [0.4, 0.5) is 0 Å². The van der Waals surface area contributed by atoms with Crippen LogP contribution in [0.3, 0.4) is 0 Å². The number of aryl methyl sites for hydroxylation is 1. The lowest BCUT2D eigenvalue weighted by molar-refractivity contribution is 0.126. The molecule has 0 aliphatic heterocycles. The number of H-pyrrole nitrogens is 1. The minimum atomic E-state index is -0.105. The molecule has 1 atom stereocenters. The van der Waals surface area contributed by atoms with Gasteiger partial charge in [-0.05, 0) is 57.5 Å². The minimum Gasteiger partial charge on any atom is -0.322 e. The zero-order chi connectivity index (χ0) is 25.8. The van der Waals surface area contributed by atoms with Crippen molar-refractivity contribution in [1.29, 1.82) is 0 Å². The Morgan fingerprint density at radius 2 is 1.59 bits per heavy atom. The number of hydrogen-bond donors (Lipinski definition) is 1. The molecule has 0 amide bonds. The largest absolute Gasteiger partial charge is 0.322 e. The third-order valence-electron chi connectivity index (χ3n) is 6.70. The number of nitrogens with one attached hydrogen (secondary N) is 1. The van der Waals surface area contributed by atoms with Gasteiger partial charge in [-0.3, -0.25) is 9.69 Å². The summed E-state index contributed by atoms with van der Waals surface area (Å²) in [5.74, 6) is 0.994. The first kappa shape index (κ1) is 24.6. The summed E-state index contributed by atoms with van der Waals surface area (Å²) in [5.41, 5.74) is 4.93. The van der Waals surface area contributed by atoms with E-state index < -0.39 is 0 Å². The van der Waals surface area contributed by atoms with Crippen molar-refractivity contribution in [2.75, 3.05) is 0 Å². The van der Waals surface area contributed by atoms with Crippen molar-refractivity contribution in [1.82, 2.24) is 30.1 Å². The fourth-order valence-electron chi connectivity index (χ4n) is 4.94. The first-order chi connectivity index (χ1) is 18.0. The number of rotatable bonds is 9. The standard InChI is InChI=1S/C30H32N6O/c1-21(2)28(29-32-33-34-36(29)19-24-12-8-5-9-13-24)35(18-23-10-6-4-7-11-23)20-26-17-25-15-14-22(3)16-27(25)31-30(26)37/h4-17,21,28H,18-20H2,1-3H3,(H,31,37)/t28-/m1/s1. The van der Waals surface area contributed by atoms with Gasteiger partial charge in [-0.1, -0.05) is 86.6 Å². The van der Waals surface area contributed by atoms with Crippen LogP contribution in [0.2, 0.25) is 0 Å². The molecule has 0 fully saturated rings. The first-order valence-corrected chi connectivity index (χ1v) is 12.7. The van der Waals surface area contributed by atoms with E-state index in [4.69, 9.17) is 0 Å². The van der Waals surface area contributed by atoms with E-state index in [9.17, 15) is 4.79 Å². The molecule has 0 radical (unpaired) electrons. The zero-order valence-electron chi connectivity index (χ0n) is 21.5. The highest BCUT2D eigenvalue weighted by molar-refractivity contribution is 5.79. The van der Waals surface area contributed by atoms with Crippen LogP contribution in [0.25, 0.3) is 10.9 Å². The quantitative estimate of drug-likeness (QED) is 0.303. The second-order valence-electron chi connectivity index (χ2n) is 9.97. The number of benzene rings is 3. The second kappa shape index (κ2) is 10.9. The number of fused-ring (bicyclic) bond motifs is 1. The van der Waals surface area contributed by atoms with Gasteiger partial charge in [0.05, 0.1) is 12.6 Å². The van der Waals surface area contributed by atoms with Gasteiger partial charge in [-0.2, -0.15) is 0 Å². The summed E-state index contributed by atoms with van der Waals surface area (Å²) in [5, 5.41) is 13.9. The molecule has 0 aliphatic rings. The third-order valence-corrected chi connectivity index (χ3v) is 6.70. The van der Waals surface area contributed by atoms with Crippen molar-refractivity contribution in [3.63, 3.8) is 0 Å². The molecule has 2 heterocycles. The van der Waals surface area contributed by atoms with Crippen LogP contribution in [0, 0.1) is 12.8 Å². The Bertz CT molecular complexity index is 1520. The van der Waals surface area contributed by atoms with Gasteiger partial charge in [0.25, 0.3) is 5.56 Å². The highest BCUT2D eigenvalue weighted by Gasteiger charge is 2.30. The molecule has 0 spiro atoms. The molecule has 0 bridgehead atoms. The molecule has 7 nitrogen and oxygen atoms in total. The van der Waals surface area contributed by atoms with Crippen molar-refractivity contribution in [3.8, 4) is 0 Å². The van der Waals surface area contributed by atoms with Gasteiger partial charge in [0.15, 0.2) is 5.82 Å². The molecule has 0 unspecified atom stereocenters. The number of nitrogens with zero attached hydrogens (tertiary/aromatic N) is 5. The van der Waals surface area contributed by atoms with E-state index in [1.165, 1.54) is 5.56 Å². The first-order valence-electron chi connectivity index (χ1n) is 12.7. The van der Waals surface area contributed by atoms with Gasteiger partial charge in [-0.15, -0.1) is 5.10 Å². The summed E-state index contributed by atoms with van der Waals surface area (Å²) in [6.45, 7) is 8.10. The van der Waals surface area contributed by atoms with Crippen molar-refractivity contribution in [2.24, 2.45) is 5.92 Å². The predicted molar refractivity (Wildman–Crippen MR) is 146 cm³/mol. The fraction of sp³-hybridized carbons (Fsp3) is 0.267. The Kier molecular flexibility index (Phi) is 7.23. The maximum atomic E-state index is 13.2. The molecule has 2 aromatic heterocycles. The highest BCUT2D eigenvalue weighted by atomic mass is 16.1. The van der Waals surface area contributed by atoms with Crippen molar-refractivity contribution < 1.29 is 0 Å². The van der Waals surface area contributed by atoms with E-state index in [2.05, 4.69) is 75.7 Å². The van der Waals surface area contributed by atoms with Crippen LogP contribution in [-0.2, 0) is 19.6 Å². The van der Waals surface area contributed by atoms with Gasteiger partial charge in [-0.25, -0.2) is 4.68 Å². The molecular formula is C30H32N6O. The number of aromatic nitrogens is 5. The van der Waals surface area contributed by atoms with Gasteiger partial charge >= 0.3 is 0 Å². The van der Waals surface area contributed by atoms with Crippen molar-refractivity contribution in [3.05, 3.63) is 123 Å². The average Bonchev–Trinajstić information content (AvgIpc) is 3.33. The molecule has 5 rings (SSSR count). The van der Waals surface area contributed by atoms with Crippen LogP contribution in [-0.4, -0.2) is 30.1 Å². The summed E-state index contributed by atoms with van der Waals surface area (Å²) in [4.78, 5) is 18.6. The number of pyridine rings is 1. The Morgan fingerprint density at radius 1 is 0.892 bits per heavy atom. The summed E-state index contributed by atoms with van der Waals surface area (Å²) in [6, 6.07) is 28.6. The molecule has 1 N–H and O–H groups in total. The molecule has 7 heteroatoms. The van der Waals surface area contributed by atoms with Crippen LogP contribution in [0.5, 0.6) is 0 Å². The summed E-state index contributed by atoms with van der Waals surface area (Å²) < 4.78 is 1.88. The number of aromatic amines is 1. The molecule has 0 saturated carbocycles. The van der Waals surface area contributed by atoms with Crippen LogP contribution in [0.1, 0.15) is 48.0 Å². The van der Waals surface area contributed by atoms with Gasteiger partial charge < -0.3 is 4.98 Å². The predicted octanol–water partition coefficient (Wildman–Crippen LogP) is 5.27. The van der Waals surface area contributed by atoms with E-state index in [0.29, 0.717) is 19.6 Å². The number of tetrazole rings is 1. The molecule has 188 valence electrons. The molecule has 5 aromatic rings. The molecule has 37 heavy (non-hydrogen) atoms. The van der Waals surface area contributed by atoms with Gasteiger partial charge in [0, 0.05) is 24.2 Å². The summed E-state index contributed by atoms with van der Waals surface area (Å²) in [7, 11) is 0. The van der Waals surface area contributed by atoms with E-state index in [-0.39, 0.29) is 17.5 Å². The normalized spacial score (nSPS) is 12.5. The van der Waals surface area contributed by atoms with Crippen LogP contribution in [0.15, 0.2) is 89.7 Å². The Labute approximate surface area is 216 Å². The van der Waals surface area contributed by atoms with Crippen LogP contribution < -0.4 is 5.56 Å². The van der Waals surface area contributed by atoms with Crippen LogP contribution >= 0.6 is 0 Å². The zero-order valence-corrected chi connectivity index (χ0v) is 21.5. The maximum absolute atomic E-state index is 13.2. The fourth-order valence-corrected chi connectivity index (χ4v) is 4.94. The van der Waals surface area contributed by atoms with E-state index in [1.807, 2.05) is 60.1 Å². The van der Waals surface area contributed by atoms with E-state index in [1.54, 1.807) is 0 Å². The SMILES string of the molecule is Cc1ccc2cc(CN(Cc3ccccc3)[C@@H](c3nnnn3Cc3ccccc3)C(C)C)c(=O)[nH]c2c1. The number of hydrogen-bond acceptors (Lipinski definition) is 5. The Morgan fingerprint density at radius 3 is 2.30 bits per heavy atom. The molecule has 0 saturated heterocycles. The highest BCUT2D eigenvalue weighted by Crippen LogP contribution is 2.30. The topological polar surface area (TPSA) is 79.7 Å². The smallest absolute Gasteiger partial charge is 0.252 e. The molecular weight excluding hydrogens is 460 g/mol. The average molecular weight is 493 g/mol. The van der Waals surface area contributed by atoms with E-state index in [0.717, 1.165) is 33.4 Å². The monoisotopic (exact) mass is 492 g/mol. The van der Waals surface area contributed by atoms with Gasteiger partial charge in [0.2, 0.25) is 0 Å². The lowest BCUT2D eigenvalue weighted by Crippen LogP contribution is -2.35. The minimum absolute atomic E-state index is 0.0671. The molecule has 3 aromatic carbocycles.